The van der Waals surface area contributed by atoms with E-state index < -0.39 is 23.8 Å². The molecule has 8 nitrogen and oxygen atoms in total. The molecular formula is C16H19NO7S. The molecule has 0 heterocycles. The van der Waals surface area contributed by atoms with Crippen LogP contribution in [-0.4, -0.2) is 56.1 Å². The van der Waals surface area contributed by atoms with E-state index in [0.717, 1.165) is 11.8 Å². The number of carbonyl (C=O) groups is 4. The SMILES string of the molecule is CCOC(=O)CSCC(=O)Nc1cc(C(=O)OC)ccc1C(=O)OC. The third kappa shape index (κ3) is 6.46. The first-order valence-corrected chi connectivity index (χ1v) is 8.42. The lowest BCUT2D eigenvalue weighted by molar-refractivity contribution is -0.139. The number of rotatable bonds is 8. The van der Waals surface area contributed by atoms with Crippen molar-refractivity contribution < 1.29 is 33.4 Å². The summed E-state index contributed by atoms with van der Waals surface area (Å²) in [5, 5.41) is 2.53. The van der Waals surface area contributed by atoms with Crippen LogP contribution in [0.15, 0.2) is 18.2 Å². The van der Waals surface area contributed by atoms with Crippen LogP contribution in [0.3, 0.4) is 0 Å². The van der Waals surface area contributed by atoms with Crippen LogP contribution in [-0.2, 0) is 23.8 Å². The van der Waals surface area contributed by atoms with E-state index in [4.69, 9.17) is 4.74 Å². The molecule has 1 rings (SSSR count). The molecule has 1 aromatic rings. The Balaban J connectivity index is 2.82. The molecule has 0 saturated carbocycles. The monoisotopic (exact) mass is 369 g/mol. The van der Waals surface area contributed by atoms with E-state index in [1.54, 1.807) is 6.92 Å². The van der Waals surface area contributed by atoms with Crippen molar-refractivity contribution in [2.24, 2.45) is 0 Å². The van der Waals surface area contributed by atoms with Crippen LogP contribution in [0.5, 0.6) is 0 Å². The number of amides is 1. The van der Waals surface area contributed by atoms with Crippen molar-refractivity contribution in [3.8, 4) is 0 Å². The average molecular weight is 369 g/mol. The van der Waals surface area contributed by atoms with Crippen molar-refractivity contribution in [3.63, 3.8) is 0 Å². The Bertz CT molecular complexity index is 660. The second-order valence-electron chi connectivity index (χ2n) is 4.59. The first kappa shape index (κ1) is 20.5. The van der Waals surface area contributed by atoms with E-state index in [0.29, 0.717) is 0 Å². The maximum atomic E-state index is 12.0. The number of anilines is 1. The normalized spacial score (nSPS) is 9.88. The van der Waals surface area contributed by atoms with Gasteiger partial charge in [0.2, 0.25) is 5.91 Å². The number of carbonyl (C=O) groups excluding carboxylic acids is 4. The molecule has 0 bridgehead atoms. The number of hydrogen-bond donors (Lipinski definition) is 1. The highest BCUT2D eigenvalue weighted by Crippen LogP contribution is 2.20. The van der Waals surface area contributed by atoms with Gasteiger partial charge < -0.3 is 19.5 Å². The Morgan fingerprint density at radius 3 is 2.32 bits per heavy atom. The molecule has 1 amide bonds. The summed E-state index contributed by atoms with van der Waals surface area (Å²) in [4.78, 5) is 46.6. The summed E-state index contributed by atoms with van der Waals surface area (Å²) in [6.45, 7) is 1.96. The van der Waals surface area contributed by atoms with Crippen LogP contribution in [0.25, 0.3) is 0 Å². The summed E-state index contributed by atoms with van der Waals surface area (Å²) in [7, 11) is 2.43. The fourth-order valence-corrected chi connectivity index (χ4v) is 2.41. The highest BCUT2D eigenvalue weighted by atomic mass is 32.2. The lowest BCUT2D eigenvalue weighted by Gasteiger charge is -2.11. The number of benzene rings is 1. The van der Waals surface area contributed by atoms with Gasteiger partial charge in [0.1, 0.15) is 0 Å². The number of thioether (sulfide) groups is 1. The zero-order valence-corrected chi connectivity index (χ0v) is 14.9. The fraction of sp³-hybridized carbons (Fsp3) is 0.375. The molecule has 0 aliphatic carbocycles. The molecular weight excluding hydrogens is 350 g/mol. The largest absolute Gasteiger partial charge is 0.465 e. The molecule has 25 heavy (non-hydrogen) atoms. The molecule has 0 aliphatic rings. The quantitative estimate of drug-likeness (QED) is 0.542. The van der Waals surface area contributed by atoms with Crippen LogP contribution in [0.2, 0.25) is 0 Å². The van der Waals surface area contributed by atoms with E-state index in [9.17, 15) is 19.2 Å². The van der Waals surface area contributed by atoms with Gasteiger partial charge in [0.25, 0.3) is 0 Å². The average Bonchev–Trinajstić information content (AvgIpc) is 2.60. The predicted molar refractivity (Wildman–Crippen MR) is 91.7 cm³/mol. The summed E-state index contributed by atoms with van der Waals surface area (Å²) < 4.78 is 14.0. The van der Waals surface area contributed by atoms with Gasteiger partial charge in [-0.1, -0.05) is 0 Å². The Hall–Kier alpha value is -2.55. The summed E-state index contributed by atoms with van der Waals surface area (Å²) in [5.74, 6) is -2.12. The maximum absolute atomic E-state index is 12.0. The Morgan fingerprint density at radius 1 is 1.04 bits per heavy atom. The predicted octanol–water partition coefficient (Wildman–Crippen LogP) is 1.49. The van der Waals surface area contributed by atoms with Crippen LogP contribution in [0, 0.1) is 0 Å². The van der Waals surface area contributed by atoms with Crippen molar-refractivity contribution in [1.82, 2.24) is 0 Å². The number of nitrogens with one attached hydrogen (secondary N) is 1. The Kier molecular flexibility index (Phi) is 8.48. The second kappa shape index (κ2) is 10.3. The molecule has 0 saturated heterocycles. The third-order valence-electron chi connectivity index (χ3n) is 2.88. The molecule has 136 valence electrons. The van der Waals surface area contributed by atoms with Crippen LogP contribution in [0.4, 0.5) is 5.69 Å². The molecule has 1 N–H and O–H groups in total. The smallest absolute Gasteiger partial charge is 0.339 e. The number of hydrogen-bond acceptors (Lipinski definition) is 8. The number of esters is 3. The molecule has 1 aromatic carbocycles. The second-order valence-corrected chi connectivity index (χ2v) is 5.58. The first-order valence-electron chi connectivity index (χ1n) is 7.26. The lowest BCUT2D eigenvalue weighted by atomic mass is 10.1. The van der Waals surface area contributed by atoms with Crippen molar-refractivity contribution >= 4 is 41.3 Å². The van der Waals surface area contributed by atoms with E-state index in [1.807, 2.05) is 0 Å². The highest BCUT2D eigenvalue weighted by Gasteiger charge is 2.17. The van der Waals surface area contributed by atoms with Gasteiger partial charge in [-0.2, -0.15) is 0 Å². The zero-order chi connectivity index (χ0) is 18.8. The molecule has 0 atom stereocenters. The summed E-state index contributed by atoms with van der Waals surface area (Å²) >= 11 is 1.07. The minimum Gasteiger partial charge on any atom is -0.465 e. The standard InChI is InChI=1S/C16H19NO7S/c1-4-24-14(19)9-25-8-13(18)17-12-7-10(15(20)22-2)5-6-11(12)16(21)23-3/h5-7H,4,8-9H2,1-3H3,(H,17,18). The topological polar surface area (TPSA) is 108 Å². The van der Waals surface area contributed by atoms with Gasteiger partial charge in [-0.3, -0.25) is 9.59 Å². The lowest BCUT2D eigenvalue weighted by Crippen LogP contribution is -2.19. The fourth-order valence-electron chi connectivity index (χ4n) is 1.80. The molecule has 0 spiro atoms. The Morgan fingerprint density at radius 2 is 1.72 bits per heavy atom. The zero-order valence-electron chi connectivity index (χ0n) is 14.1. The summed E-state index contributed by atoms with van der Waals surface area (Å²) in [6, 6.07) is 4.08. The Labute approximate surface area is 149 Å². The molecule has 0 aliphatic heterocycles. The van der Waals surface area contributed by atoms with E-state index in [1.165, 1.54) is 32.4 Å². The van der Waals surface area contributed by atoms with Gasteiger partial charge in [0, 0.05) is 0 Å². The minimum absolute atomic E-state index is 0.0259. The van der Waals surface area contributed by atoms with E-state index in [-0.39, 0.29) is 34.9 Å². The van der Waals surface area contributed by atoms with E-state index in [2.05, 4.69) is 14.8 Å². The van der Waals surface area contributed by atoms with E-state index >= 15 is 0 Å². The van der Waals surface area contributed by atoms with Gasteiger partial charge in [-0.05, 0) is 25.1 Å². The molecule has 0 fully saturated rings. The first-order chi connectivity index (χ1) is 11.9. The molecule has 0 unspecified atom stereocenters. The number of methoxy groups -OCH3 is 2. The summed E-state index contributed by atoms with van der Waals surface area (Å²) in [6.07, 6.45) is 0. The third-order valence-corrected chi connectivity index (χ3v) is 3.78. The van der Waals surface area contributed by atoms with Crippen molar-refractivity contribution in [3.05, 3.63) is 29.3 Å². The van der Waals surface area contributed by atoms with Crippen molar-refractivity contribution in [2.45, 2.75) is 6.92 Å². The van der Waals surface area contributed by atoms with Crippen LogP contribution >= 0.6 is 11.8 Å². The van der Waals surface area contributed by atoms with Crippen LogP contribution < -0.4 is 5.32 Å². The summed E-state index contributed by atoms with van der Waals surface area (Å²) in [5.41, 5.74) is 0.389. The van der Waals surface area contributed by atoms with Gasteiger partial charge in [-0.15, -0.1) is 11.8 Å². The van der Waals surface area contributed by atoms with Gasteiger partial charge in [0.15, 0.2) is 0 Å². The van der Waals surface area contributed by atoms with Crippen molar-refractivity contribution in [2.75, 3.05) is 37.6 Å². The van der Waals surface area contributed by atoms with Gasteiger partial charge in [0.05, 0.1) is 49.1 Å². The van der Waals surface area contributed by atoms with Crippen molar-refractivity contribution in [1.29, 1.82) is 0 Å². The highest BCUT2D eigenvalue weighted by molar-refractivity contribution is 8.00. The molecule has 0 aromatic heterocycles. The maximum Gasteiger partial charge on any atom is 0.339 e. The van der Waals surface area contributed by atoms with Crippen LogP contribution in [0.1, 0.15) is 27.6 Å². The van der Waals surface area contributed by atoms with Gasteiger partial charge in [-0.25, -0.2) is 9.59 Å². The number of ether oxygens (including phenoxy) is 3. The van der Waals surface area contributed by atoms with Gasteiger partial charge >= 0.3 is 17.9 Å². The molecule has 9 heteroatoms. The minimum atomic E-state index is -0.661. The molecule has 0 radical (unpaired) electrons.